The molecule has 0 saturated heterocycles. The van der Waals surface area contributed by atoms with E-state index >= 15 is 0 Å². The van der Waals surface area contributed by atoms with Gasteiger partial charge in [-0.2, -0.15) is 0 Å². The summed E-state index contributed by atoms with van der Waals surface area (Å²) in [4.78, 5) is 15.9. The third kappa shape index (κ3) is 1.77. The number of ketones is 1. The lowest BCUT2D eigenvalue weighted by Gasteiger charge is -2.01. The lowest BCUT2D eigenvalue weighted by molar-refractivity contribution is 0.0962. The highest BCUT2D eigenvalue weighted by Crippen LogP contribution is 2.32. The van der Waals surface area contributed by atoms with E-state index in [1.165, 1.54) is 0 Å². The Labute approximate surface area is 78.0 Å². The van der Waals surface area contributed by atoms with Gasteiger partial charge in [-0.1, -0.05) is 0 Å². The molecule has 1 fully saturated rings. The fourth-order valence-electron chi connectivity index (χ4n) is 1.52. The van der Waals surface area contributed by atoms with Crippen molar-refractivity contribution in [3.05, 3.63) is 29.1 Å². The second-order valence-corrected chi connectivity index (χ2v) is 3.81. The zero-order valence-electron chi connectivity index (χ0n) is 8.00. The van der Waals surface area contributed by atoms with Gasteiger partial charge < -0.3 is 0 Å². The van der Waals surface area contributed by atoms with Crippen LogP contribution in [0.15, 0.2) is 12.1 Å². The molecule has 0 aromatic carbocycles. The highest BCUT2D eigenvalue weighted by atomic mass is 16.1. The van der Waals surface area contributed by atoms with E-state index in [4.69, 9.17) is 0 Å². The third-order valence-electron chi connectivity index (χ3n) is 2.30. The van der Waals surface area contributed by atoms with Gasteiger partial charge in [0, 0.05) is 11.6 Å². The van der Waals surface area contributed by atoms with Gasteiger partial charge in [-0.15, -0.1) is 0 Å². The van der Waals surface area contributed by atoms with E-state index in [-0.39, 0.29) is 11.7 Å². The van der Waals surface area contributed by atoms with E-state index in [1.54, 1.807) is 0 Å². The van der Waals surface area contributed by atoms with Crippen LogP contribution in [-0.2, 0) is 0 Å². The molecule has 0 bridgehead atoms. The Balaban J connectivity index is 2.33. The highest BCUT2D eigenvalue weighted by Gasteiger charge is 2.31. The molecule has 0 unspecified atom stereocenters. The van der Waals surface area contributed by atoms with Crippen LogP contribution in [0.3, 0.4) is 0 Å². The van der Waals surface area contributed by atoms with Crippen LogP contribution in [0.2, 0.25) is 0 Å². The van der Waals surface area contributed by atoms with Crippen LogP contribution in [0.25, 0.3) is 0 Å². The molecule has 0 N–H and O–H groups in total. The van der Waals surface area contributed by atoms with Crippen molar-refractivity contribution >= 4 is 5.78 Å². The first-order chi connectivity index (χ1) is 6.16. The van der Waals surface area contributed by atoms with E-state index in [1.807, 2.05) is 26.0 Å². The van der Waals surface area contributed by atoms with Crippen molar-refractivity contribution in [2.75, 3.05) is 0 Å². The molecule has 13 heavy (non-hydrogen) atoms. The van der Waals surface area contributed by atoms with Crippen LogP contribution in [0.5, 0.6) is 0 Å². The summed E-state index contributed by atoms with van der Waals surface area (Å²) in [7, 11) is 0. The minimum atomic E-state index is 0.229. The number of hydrogen-bond acceptors (Lipinski definition) is 2. The second-order valence-electron chi connectivity index (χ2n) is 3.81. The summed E-state index contributed by atoms with van der Waals surface area (Å²) in [5.41, 5.74) is 2.71. The number of pyridine rings is 1. The predicted octanol–water partition coefficient (Wildman–Crippen LogP) is 2.29. The first-order valence-corrected chi connectivity index (χ1v) is 4.66. The van der Waals surface area contributed by atoms with Crippen LogP contribution in [-0.4, -0.2) is 10.8 Å². The first kappa shape index (κ1) is 8.42. The lowest BCUT2D eigenvalue weighted by Crippen LogP contribution is -2.05. The van der Waals surface area contributed by atoms with Crippen molar-refractivity contribution in [3.63, 3.8) is 0 Å². The third-order valence-corrected chi connectivity index (χ3v) is 2.30. The normalized spacial score (nSPS) is 15.8. The van der Waals surface area contributed by atoms with Gasteiger partial charge in [0.25, 0.3) is 0 Å². The second kappa shape index (κ2) is 2.95. The molecule has 1 heterocycles. The molecule has 0 spiro atoms. The minimum Gasteiger partial charge on any atom is -0.292 e. The lowest BCUT2D eigenvalue weighted by atomic mass is 10.1. The summed E-state index contributed by atoms with van der Waals surface area (Å²) in [6, 6.07) is 3.87. The zero-order chi connectivity index (χ0) is 9.42. The SMILES string of the molecule is Cc1cc(C)nc(C(=O)C2CC2)c1. The molecular formula is C11H13NO. The molecule has 2 heteroatoms. The van der Waals surface area contributed by atoms with Gasteiger partial charge in [-0.25, -0.2) is 4.98 Å². The molecule has 0 atom stereocenters. The quantitative estimate of drug-likeness (QED) is 0.645. The Morgan fingerprint density at radius 2 is 2.08 bits per heavy atom. The number of nitrogens with zero attached hydrogens (tertiary/aromatic N) is 1. The summed E-state index contributed by atoms with van der Waals surface area (Å²) in [5, 5.41) is 0. The van der Waals surface area contributed by atoms with Crippen LogP contribution in [0, 0.1) is 19.8 Å². The van der Waals surface area contributed by atoms with Crippen molar-refractivity contribution in [2.24, 2.45) is 5.92 Å². The largest absolute Gasteiger partial charge is 0.292 e. The summed E-state index contributed by atoms with van der Waals surface area (Å²) in [6.45, 7) is 3.93. The molecule has 0 aliphatic heterocycles. The van der Waals surface area contributed by atoms with Crippen LogP contribution in [0.4, 0.5) is 0 Å². The van der Waals surface area contributed by atoms with Gasteiger partial charge in [-0.05, 0) is 44.4 Å². The molecule has 1 aliphatic carbocycles. The topological polar surface area (TPSA) is 30.0 Å². The summed E-state index contributed by atoms with van der Waals surface area (Å²) < 4.78 is 0. The molecule has 0 amide bonds. The Morgan fingerprint density at radius 1 is 1.38 bits per heavy atom. The fourth-order valence-corrected chi connectivity index (χ4v) is 1.52. The number of hydrogen-bond donors (Lipinski definition) is 0. The van der Waals surface area contributed by atoms with Crippen LogP contribution < -0.4 is 0 Å². The molecular weight excluding hydrogens is 162 g/mol. The number of rotatable bonds is 2. The number of carbonyl (C=O) groups is 1. The number of carbonyl (C=O) groups excluding carboxylic acids is 1. The van der Waals surface area contributed by atoms with Crippen molar-refractivity contribution in [2.45, 2.75) is 26.7 Å². The zero-order valence-corrected chi connectivity index (χ0v) is 8.00. The maximum Gasteiger partial charge on any atom is 0.184 e. The standard InChI is InChI=1S/C11H13NO/c1-7-5-8(2)12-10(6-7)11(13)9-3-4-9/h5-6,9H,3-4H2,1-2H3. The van der Waals surface area contributed by atoms with E-state index < -0.39 is 0 Å². The highest BCUT2D eigenvalue weighted by molar-refractivity contribution is 5.97. The molecule has 1 aromatic rings. The van der Waals surface area contributed by atoms with Gasteiger partial charge in [-0.3, -0.25) is 4.79 Å². The Kier molecular flexibility index (Phi) is 1.91. The molecule has 2 nitrogen and oxygen atoms in total. The first-order valence-electron chi connectivity index (χ1n) is 4.66. The number of aromatic nitrogens is 1. The van der Waals surface area contributed by atoms with E-state index in [9.17, 15) is 4.79 Å². The summed E-state index contributed by atoms with van der Waals surface area (Å²) in [6.07, 6.45) is 2.10. The van der Waals surface area contributed by atoms with E-state index in [0.29, 0.717) is 5.69 Å². The monoisotopic (exact) mass is 175 g/mol. The van der Waals surface area contributed by atoms with Gasteiger partial charge >= 0.3 is 0 Å². The van der Waals surface area contributed by atoms with E-state index in [0.717, 1.165) is 24.1 Å². The van der Waals surface area contributed by atoms with Crippen molar-refractivity contribution in [1.29, 1.82) is 0 Å². The van der Waals surface area contributed by atoms with Crippen molar-refractivity contribution in [3.8, 4) is 0 Å². The van der Waals surface area contributed by atoms with Gasteiger partial charge in [0.15, 0.2) is 5.78 Å². The van der Waals surface area contributed by atoms with Crippen LogP contribution >= 0.6 is 0 Å². The Hall–Kier alpha value is -1.18. The van der Waals surface area contributed by atoms with Crippen molar-refractivity contribution in [1.82, 2.24) is 4.98 Å². The molecule has 0 radical (unpaired) electrons. The Morgan fingerprint density at radius 3 is 2.62 bits per heavy atom. The van der Waals surface area contributed by atoms with Gasteiger partial charge in [0.2, 0.25) is 0 Å². The van der Waals surface area contributed by atoms with E-state index in [2.05, 4.69) is 4.98 Å². The van der Waals surface area contributed by atoms with Gasteiger partial charge in [0.1, 0.15) is 5.69 Å². The maximum atomic E-state index is 11.6. The maximum absolute atomic E-state index is 11.6. The molecule has 1 saturated carbocycles. The smallest absolute Gasteiger partial charge is 0.184 e. The molecule has 1 aromatic heterocycles. The number of aryl methyl sites for hydroxylation is 2. The Bertz CT molecular complexity index is 333. The summed E-state index contributed by atoms with van der Waals surface area (Å²) >= 11 is 0. The average Bonchev–Trinajstić information content (AvgIpc) is 2.83. The molecule has 68 valence electrons. The molecule has 1 aliphatic rings. The average molecular weight is 175 g/mol. The van der Waals surface area contributed by atoms with Crippen LogP contribution in [0.1, 0.15) is 34.6 Å². The molecule has 2 rings (SSSR count). The van der Waals surface area contributed by atoms with Crippen molar-refractivity contribution < 1.29 is 4.79 Å². The predicted molar refractivity (Wildman–Crippen MR) is 50.8 cm³/mol. The fraction of sp³-hybridized carbons (Fsp3) is 0.455. The summed E-state index contributed by atoms with van der Waals surface area (Å²) in [5.74, 6) is 0.500. The van der Waals surface area contributed by atoms with Gasteiger partial charge in [0.05, 0.1) is 0 Å². The number of Topliss-reactive ketones (excluding diaryl/α,β-unsaturated/α-hetero) is 1. The minimum absolute atomic E-state index is 0.229.